The van der Waals surface area contributed by atoms with Gasteiger partial charge in [-0.3, -0.25) is 24.4 Å². The molecule has 3 heterocycles. The molecule has 7 heteroatoms. The number of aromatic nitrogens is 1. The number of carbonyl (C=O) groups excluding carboxylic acids is 2. The van der Waals surface area contributed by atoms with Gasteiger partial charge in [-0.05, 0) is 61.3 Å². The zero-order valence-electron chi connectivity index (χ0n) is 18.9. The molecule has 1 aromatic carbocycles. The minimum atomic E-state index is -0.0574. The third-order valence-corrected chi connectivity index (χ3v) is 6.46. The van der Waals surface area contributed by atoms with E-state index in [0.717, 1.165) is 70.9 Å². The first-order valence-electron chi connectivity index (χ1n) is 11.6. The minimum absolute atomic E-state index is 0.0574. The van der Waals surface area contributed by atoms with Gasteiger partial charge in [0.15, 0.2) is 0 Å². The lowest BCUT2D eigenvalue weighted by molar-refractivity contribution is -0.139. The molecular formula is C25H33N5O2. The molecule has 0 bridgehead atoms. The molecule has 0 saturated carbocycles. The van der Waals surface area contributed by atoms with Gasteiger partial charge in [-0.2, -0.15) is 0 Å². The molecule has 2 aliphatic heterocycles. The van der Waals surface area contributed by atoms with Crippen LogP contribution in [0.2, 0.25) is 0 Å². The van der Waals surface area contributed by atoms with Crippen molar-refractivity contribution < 1.29 is 9.59 Å². The largest absolute Gasteiger partial charge is 0.340 e. The number of carbonyl (C=O) groups is 2. The molecule has 1 N–H and O–H groups in total. The topological polar surface area (TPSA) is 68.8 Å². The highest BCUT2D eigenvalue weighted by Crippen LogP contribution is 2.22. The summed E-state index contributed by atoms with van der Waals surface area (Å²) < 4.78 is 0. The maximum atomic E-state index is 13.1. The van der Waals surface area contributed by atoms with Crippen molar-refractivity contribution in [3.63, 3.8) is 0 Å². The molecule has 0 unspecified atom stereocenters. The summed E-state index contributed by atoms with van der Waals surface area (Å²) in [7, 11) is 0. The van der Waals surface area contributed by atoms with Crippen molar-refractivity contribution in [2.45, 2.75) is 32.9 Å². The van der Waals surface area contributed by atoms with Crippen molar-refractivity contribution in [2.24, 2.45) is 5.92 Å². The summed E-state index contributed by atoms with van der Waals surface area (Å²) in [4.78, 5) is 35.2. The van der Waals surface area contributed by atoms with Gasteiger partial charge in [-0.25, -0.2) is 0 Å². The van der Waals surface area contributed by atoms with Gasteiger partial charge >= 0.3 is 0 Å². The van der Waals surface area contributed by atoms with Crippen LogP contribution in [0.5, 0.6) is 0 Å². The van der Waals surface area contributed by atoms with Gasteiger partial charge < -0.3 is 10.2 Å². The number of pyridine rings is 1. The molecule has 0 atom stereocenters. The molecule has 0 spiro atoms. The van der Waals surface area contributed by atoms with Gasteiger partial charge in [0.1, 0.15) is 0 Å². The number of rotatable bonds is 6. The number of likely N-dealkylation sites (tertiary alicyclic amines) is 1. The number of piperidine rings is 1. The highest BCUT2D eigenvalue weighted by Gasteiger charge is 2.30. The molecule has 4 rings (SSSR count). The smallest absolute Gasteiger partial charge is 0.225 e. The zero-order valence-corrected chi connectivity index (χ0v) is 18.9. The maximum absolute atomic E-state index is 13.1. The van der Waals surface area contributed by atoms with E-state index in [-0.39, 0.29) is 11.8 Å². The van der Waals surface area contributed by atoms with Crippen LogP contribution in [0.4, 0.5) is 5.69 Å². The second-order valence-corrected chi connectivity index (χ2v) is 8.89. The van der Waals surface area contributed by atoms with Crippen molar-refractivity contribution in [3.8, 4) is 0 Å². The lowest BCUT2D eigenvalue weighted by Gasteiger charge is -2.38. The van der Waals surface area contributed by atoms with Crippen LogP contribution in [0.3, 0.4) is 0 Å². The van der Waals surface area contributed by atoms with E-state index in [4.69, 9.17) is 0 Å². The number of hydrogen-bond donors (Lipinski definition) is 1. The SMILES string of the molecule is CC(=O)Nc1ccc(CN2CCN(C(=O)C3CCN(Cc4ccncc4)CC3)CC2)cc1. The quantitative estimate of drug-likeness (QED) is 0.755. The van der Waals surface area contributed by atoms with Crippen LogP contribution in [0.15, 0.2) is 48.8 Å². The molecule has 1 aromatic heterocycles. The van der Waals surface area contributed by atoms with E-state index in [2.05, 4.69) is 49.3 Å². The highest BCUT2D eigenvalue weighted by atomic mass is 16.2. The van der Waals surface area contributed by atoms with E-state index in [1.54, 1.807) is 0 Å². The lowest BCUT2D eigenvalue weighted by Crippen LogP contribution is -2.51. The fraction of sp³-hybridized carbons (Fsp3) is 0.480. The summed E-state index contributed by atoms with van der Waals surface area (Å²) in [5, 5.41) is 2.80. The van der Waals surface area contributed by atoms with Crippen LogP contribution < -0.4 is 5.32 Å². The second kappa shape index (κ2) is 10.7. The van der Waals surface area contributed by atoms with Gasteiger partial charge in [0.05, 0.1) is 0 Å². The number of nitrogens with zero attached hydrogens (tertiary/aromatic N) is 4. The Morgan fingerprint density at radius 2 is 1.41 bits per heavy atom. The standard InChI is InChI=1S/C25H33N5O2/c1-20(31)27-24-4-2-21(3-5-24)18-29-14-16-30(17-15-29)25(32)23-8-12-28(13-9-23)19-22-6-10-26-11-7-22/h2-7,10-11,23H,8-9,12-19H2,1H3,(H,27,31). The Balaban J connectivity index is 1.19. The van der Waals surface area contributed by atoms with Gasteiger partial charge in [0, 0.05) is 70.2 Å². The maximum Gasteiger partial charge on any atom is 0.225 e. The summed E-state index contributed by atoms with van der Waals surface area (Å²) >= 11 is 0. The highest BCUT2D eigenvalue weighted by molar-refractivity contribution is 5.88. The summed E-state index contributed by atoms with van der Waals surface area (Å²) in [6.45, 7) is 8.70. The second-order valence-electron chi connectivity index (χ2n) is 8.89. The van der Waals surface area contributed by atoms with Gasteiger partial charge in [0.2, 0.25) is 11.8 Å². The van der Waals surface area contributed by atoms with Crippen molar-refractivity contribution in [1.82, 2.24) is 19.7 Å². The molecule has 0 radical (unpaired) electrons. The van der Waals surface area contributed by atoms with E-state index >= 15 is 0 Å². The number of anilines is 1. The number of nitrogens with one attached hydrogen (secondary N) is 1. The van der Waals surface area contributed by atoms with Crippen LogP contribution in [0, 0.1) is 5.92 Å². The van der Waals surface area contributed by atoms with Crippen LogP contribution in [-0.2, 0) is 22.7 Å². The Labute approximate surface area is 190 Å². The number of amides is 2. The van der Waals surface area contributed by atoms with Crippen LogP contribution in [0.1, 0.15) is 30.9 Å². The lowest BCUT2D eigenvalue weighted by atomic mass is 9.94. The van der Waals surface area contributed by atoms with Gasteiger partial charge in [0.25, 0.3) is 0 Å². The Kier molecular flexibility index (Phi) is 7.50. The molecule has 170 valence electrons. The molecule has 2 amide bonds. The van der Waals surface area contributed by atoms with Crippen molar-refractivity contribution in [3.05, 3.63) is 59.9 Å². The summed E-state index contributed by atoms with van der Waals surface area (Å²) in [5.74, 6) is 0.447. The van der Waals surface area contributed by atoms with Crippen molar-refractivity contribution in [2.75, 3.05) is 44.6 Å². The summed E-state index contributed by atoms with van der Waals surface area (Å²) in [5.41, 5.74) is 3.33. The molecule has 7 nitrogen and oxygen atoms in total. The monoisotopic (exact) mass is 435 g/mol. The van der Waals surface area contributed by atoms with E-state index in [0.29, 0.717) is 5.91 Å². The Morgan fingerprint density at radius 3 is 2.00 bits per heavy atom. The first kappa shape index (κ1) is 22.4. The Hall–Kier alpha value is -2.77. The third-order valence-electron chi connectivity index (χ3n) is 6.46. The van der Waals surface area contributed by atoms with Gasteiger partial charge in [-0.1, -0.05) is 12.1 Å². The molecule has 2 aromatic rings. The first-order valence-corrected chi connectivity index (χ1v) is 11.6. The fourth-order valence-corrected chi connectivity index (χ4v) is 4.62. The molecule has 32 heavy (non-hydrogen) atoms. The van der Waals surface area contributed by atoms with Crippen molar-refractivity contribution >= 4 is 17.5 Å². The van der Waals surface area contributed by atoms with Crippen LogP contribution in [-0.4, -0.2) is 70.8 Å². The average Bonchev–Trinajstić information content (AvgIpc) is 2.81. The van der Waals surface area contributed by atoms with Gasteiger partial charge in [-0.15, -0.1) is 0 Å². The molecular weight excluding hydrogens is 402 g/mol. The van der Waals surface area contributed by atoms with E-state index in [9.17, 15) is 9.59 Å². The number of benzene rings is 1. The summed E-state index contributed by atoms with van der Waals surface area (Å²) in [6.07, 6.45) is 5.58. The molecule has 2 fully saturated rings. The fourth-order valence-electron chi connectivity index (χ4n) is 4.62. The normalized spacial score (nSPS) is 18.5. The zero-order chi connectivity index (χ0) is 22.3. The Morgan fingerprint density at radius 1 is 0.844 bits per heavy atom. The molecule has 0 aliphatic carbocycles. The molecule has 2 aliphatic rings. The summed E-state index contributed by atoms with van der Waals surface area (Å²) in [6, 6.07) is 12.1. The van der Waals surface area contributed by atoms with Crippen LogP contribution >= 0.6 is 0 Å². The predicted molar refractivity (Wildman–Crippen MR) is 125 cm³/mol. The first-order chi connectivity index (χ1) is 15.6. The number of piperazine rings is 1. The Bertz CT molecular complexity index is 886. The molecule has 2 saturated heterocycles. The van der Waals surface area contributed by atoms with E-state index < -0.39 is 0 Å². The third kappa shape index (κ3) is 6.14. The average molecular weight is 436 g/mol. The van der Waals surface area contributed by atoms with Crippen molar-refractivity contribution in [1.29, 1.82) is 0 Å². The van der Waals surface area contributed by atoms with E-state index in [1.807, 2.05) is 24.5 Å². The predicted octanol–water partition coefficient (Wildman–Crippen LogP) is 2.60. The minimum Gasteiger partial charge on any atom is -0.340 e. The number of hydrogen-bond acceptors (Lipinski definition) is 5. The van der Waals surface area contributed by atoms with Crippen LogP contribution in [0.25, 0.3) is 0 Å². The van der Waals surface area contributed by atoms with E-state index in [1.165, 1.54) is 18.1 Å².